The van der Waals surface area contributed by atoms with Gasteiger partial charge < -0.3 is 14.3 Å². The molecule has 0 radical (unpaired) electrons. The van der Waals surface area contributed by atoms with E-state index in [0.717, 1.165) is 47.7 Å². The molecule has 122 valence electrons. The highest BCUT2D eigenvalue weighted by Crippen LogP contribution is 2.32. The van der Waals surface area contributed by atoms with Gasteiger partial charge in [-0.05, 0) is 25.1 Å². The molecule has 0 unspecified atom stereocenters. The zero-order chi connectivity index (χ0) is 16.4. The van der Waals surface area contributed by atoms with E-state index in [1.54, 1.807) is 0 Å². The Kier molecular flexibility index (Phi) is 4.32. The van der Waals surface area contributed by atoms with Crippen LogP contribution in [0.2, 0.25) is 0 Å². The summed E-state index contributed by atoms with van der Waals surface area (Å²) in [5.74, 6) is 0. The van der Waals surface area contributed by atoms with Crippen molar-refractivity contribution in [3.8, 4) is 22.5 Å². The molecule has 2 aromatic carbocycles. The van der Waals surface area contributed by atoms with Gasteiger partial charge in [-0.25, -0.2) is 0 Å². The molecule has 0 aliphatic carbocycles. The summed E-state index contributed by atoms with van der Waals surface area (Å²) in [4.78, 5) is 3.42. The van der Waals surface area contributed by atoms with Gasteiger partial charge in [0, 0.05) is 17.7 Å². The molecule has 1 aliphatic heterocycles. The van der Waals surface area contributed by atoms with Gasteiger partial charge >= 0.3 is 0 Å². The topological polar surface area (TPSA) is 29.9 Å². The first kappa shape index (κ1) is 15.4. The monoisotopic (exact) mass is 336 g/mol. The fraction of sp³-hybridized carbons (Fsp3) is 0.250. The summed E-state index contributed by atoms with van der Waals surface area (Å²) in [5, 5.41) is 0. The van der Waals surface area contributed by atoms with Crippen molar-refractivity contribution in [1.82, 2.24) is 9.55 Å². The Morgan fingerprint density at radius 1 is 1.00 bits per heavy atom. The normalized spacial score (nSPS) is 17.2. The highest BCUT2D eigenvalue weighted by Gasteiger charge is 2.21. The number of nitrogens with zero attached hydrogens (tertiary/aromatic N) is 1. The molecule has 3 aromatic rings. The molecule has 0 bridgehead atoms. The minimum absolute atomic E-state index is 0.249. The van der Waals surface area contributed by atoms with Gasteiger partial charge in [-0.2, -0.15) is 0 Å². The summed E-state index contributed by atoms with van der Waals surface area (Å²) >= 11 is 5.65. The lowest BCUT2D eigenvalue weighted by Crippen LogP contribution is -2.15. The predicted molar refractivity (Wildman–Crippen MR) is 99.5 cm³/mol. The third-order valence-electron chi connectivity index (χ3n) is 4.50. The lowest BCUT2D eigenvalue weighted by molar-refractivity contribution is 0.0970. The summed E-state index contributed by atoms with van der Waals surface area (Å²) in [6.07, 6.45) is 2.48. The Bertz CT molecular complexity index is 862. The number of ether oxygens (including phenoxy) is 1. The molecule has 3 nitrogen and oxygen atoms in total. The summed E-state index contributed by atoms with van der Waals surface area (Å²) in [6, 6.07) is 20.8. The smallest absolute Gasteiger partial charge is 0.178 e. The van der Waals surface area contributed by atoms with Crippen molar-refractivity contribution in [1.29, 1.82) is 0 Å². The zero-order valence-corrected chi connectivity index (χ0v) is 14.3. The molecule has 24 heavy (non-hydrogen) atoms. The summed E-state index contributed by atoms with van der Waals surface area (Å²) in [7, 11) is 0. The van der Waals surface area contributed by atoms with E-state index in [2.05, 4.69) is 58.1 Å². The first-order chi connectivity index (χ1) is 11.8. The number of nitrogens with one attached hydrogen (secondary N) is 1. The average molecular weight is 336 g/mol. The second-order valence-corrected chi connectivity index (χ2v) is 6.52. The van der Waals surface area contributed by atoms with E-state index < -0.39 is 0 Å². The van der Waals surface area contributed by atoms with Crippen molar-refractivity contribution in [3.63, 3.8) is 0 Å². The Morgan fingerprint density at radius 2 is 1.67 bits per heavy atom. The van der Waals surface area contributed by atoms with Crippen LogP contribution in [0, 0.1) is 4.77 Å². The van der Waals surface area contributed by atoms with Gasteiger partial charge in [0.2, 0.25) is 0 Å². The van der Waals surface area contributed by atoms with Gasteiger partial charge in [0.25, 0.3) is 0 Å². The van der Waals surface area contributed by atoms with Gasteiger partial charge in [-0.15, -0.1) is 0 Å². The molecular weight excluding hydrogens is 316 g/mol. The SMILES string of the molecule is S=c1[nH]c(-c2ccccc2)c(-c2ccccc2)n1C[C@@H]1CCCO1. The minimum Gasteiger partial charge on any atom is -0.376 e. The van der Waals surface area contributed by atoms with Crippen LogP contribution in [0.4, 0.5) is 0 Å². The molecule has 4 heteroatoms. The second kappa shape index (κ2) is 6.75. The molecule has 1 fully saturated rings. The molecule has 1 saturated heterocycles. The fourth-order valence-corrected chi connectivity index (χ4v) is 3.61. The molecular formula is C20H20N2OS. The number of hydrogen-bond acceptors (Lipinski definition) is 2. The number of aromatic nitrogens is 2. The molecule has 1 aliphatic rings. The van der Waals surface area contributed by atoms with Gasteiger partial charge in [-0.1, -0.05) is 60.7 Å². The van der Waals surface area contributed by atoms with E-state index >= 15 is 0 Å². The van der Waals surface area contributed by atoms with Crippen LogP contribution in [0.25, 0.3) is 22.5 Å². The molecule has 1 N–H and O–H groups in total. The van der Waals surface area contributed by atoms with Crippen LogP contribution in [-0.4, -0.2) is 22.3 Å². The van der Waals surface area contributed by atoms with Gasteiger partial charge in [0.05, 0.1) is 24.0 Å². The highest BCUT2D eigenvalue weighted by molar-refractivity contribution is 7.71. The van der Waals surface area contributed by atoms with E-state index in [1.165, 1.54) is 5.56 Å². The van der Waals surface area contributed by atoms with Crippen molar-refractivity contribution in [3.05, 3.63) is 65.4 Å². The van der Waals surface area contributed by atoms with E-state index in [4.69, 9.17) is 17.0 Å². The lowest BCUT2D eigenvalue weighted by Gasteiger charge is -2.14. The van der Waals surface area contributed by atoms with Crippen LogP contribution >= 0.6 is 12.2 Å². The first-order valence-corrected chi connectivity index (χ1v) is 8.79. The maximum Gasteiger partial charge on any atom is 0.178 e. The van der Waals surface area contributed by atoms with Gasteiger partial charge in [0.15, 0.2) is 4.77 Å². The number of benzene rings is 2. The molecule has 4 rings (SSSR count). The maximum atomic E-state index is 5.84. The minimum atomic E-state index is 0.249. The highest BCUT2D eigenvalue weighted by atomic mass is 32.1. The molecule has 1 atom stereocenters. The first-order valence-electron chi connectivity index (χ1n) is 8.38. The maximum absolute atomic E-state index is 5.84. The largest absolute Gasteiger partial charge is 0.376 e. The van der Waals surface area contributed by atoms with Crippen molar-refractivity contribution in [2.45, 2.75) is 25.5 Å². The summed E-state index contributed by atoms with van der Waals surface area (Å²) in [5.41, 5.74) is 4.53. The summed E-state index contributed by atoms with van der Waals surface area (Å²) in [6.45, 7) is 1.65. The number of imidazole rings is 1. The molecule has 2 heterocycles. The molecule has 0 spiro atoms. The third kappa shape index (κ3) is 2.95. The van der Waals surface area contributed by atoms with E-state index in [9.17, 15) is 0 Å². The fourth-order valence-electron chi connectivity index (χ4n) is 3.35. The van der Waals surface area contributed by atoms with Crippen molar-refractivity contribution in [2.24, 2.45) is 0 Å². The number of rotatable bonds is 4. The predicted octanol–water partition coefficient (Wildman–Crippen LogP) is 5.06. The lowest BCUT2D eigenvalue weighted by atomic mass is 10.0. The van der Waals surface area contributed by atoms with Crippen LogP contribution in [0.15, 0.2) is 60.7 Å². The van der Waals surface area contributed by atoms with E-state index in [-0.39, 0.29) is 6.10 Å². The Labute approximate surface area is 146 Å². The Morgan fingerprint density at radius 3 is 2.29 bits per heavy atom. The third-order valence-corrected chi connectivity index (χ3v) is 4.83. The van der Waals surface area contributed by atoms with Crippen molar-refractivity contribution in [2.75, 3.05) is 6.61 Å². The average Bonchev–Trinajstić information content (AvgIpc) is 3.25. The van der Waals surface area contributed by atoms with Gasteiger partial charge in [-0.3, -0.25) is 0 Å². The zero-order valence-electron chi connectivity index (χ0n) is 13.4. The van der Waals surface area contributed by atoms with Crippen LogP contribution in [0.5, 0.6) is 0 Å². The van der Waals surface area contributed by atoms with Crippen LogP contribution < -0.4 is 0 Å². The second-order valence-electron chi connectivity index (χ2n) is 6.13. The Balaban J connectivity index is 1.87. The Hall–Kier alpha value is -2.17. The van der Waals surface area contributed by atoms with E-state index in [0.29, 0.717) is 0 Å². The van der Waals surface area contributed by atoms with E-state index in [1.807, 2.05) is 12.1 Å². The molecule has 0 saturated carbocycles. The summed E-state index contributed by atoms with van der Waals surface area (Å²) < 4.78 is 8.79. The number of hydrogen-bond donors (Lipinski definition) is 1. The number of H-pyrrole nitrogens is 1. The quantitative estimate of drug-likeness (QED) is 0.675. The van der Waals surface area contributed by atoms with Crippen LogP contribution in [0.1, 0.15) is 12.8 Å². The van der Waals surface area contributed by atoms with Crippen LogP contribution in [0.3, 0.4) is 0 Å². The standard InChI is InChI=1S/C20H20N2OS/c24-20-21-18(15-8-3-1-4-9-15)19(16-10-5-2-6-11-16)22(20)14-17-12-7-13-23-17/h1-6,8-11,17H,7,12-14H2,(H,21,24)/t17-/m0/s1. The van der Waals surface area contributed by atoms with Crippen LogP contribution in [-0.2, 0) is 11.3 Å². The number of aromatic amines is 1. The van der Waals surface area contributed by atoms with Crippen molar-refractivity contribution >= 4 is 12.2 Å². The molecule has 1 aromatic heterocycles. The van der Waals surface area contributed by atoms with Gasteiger partial charge in [0.1, 0.15) is 0 Å². The van der Waals surface area contributed by atoms with Crippen molar-refractivity contribution < 1.29 is 4.74 Å². The molecule has 0 amide bonds.